The van der Waals surface area contributed by atoms with Gasteiger partial charge < -0.3 is 19.5 Å². The number of hydroxylamine groups is 3. The van der Waals surface area contributed by atoms with Gasteiger partial charge in [-0.3, -0.25) is 14.5 Å². The lowest BCUT2D eigenvalue weighted by molar-refractivity contribution is -0.867. The molecule has 0 radical (unpaired) electrons. The Labute approximate surface area is 178 Å². The SMILES string of the molecule is CC(C)Oc1ccccc1N1CC[N+]([O-])(CCCN2C(=O)C3CC=CCC3C2=O)C1. The average molecular weight is 414 g/mol. The molecule has 2 aliphatic heterocycles. The molecule has 1 aromatic carbocycles. The molecule has 3 aliphatic rings. The maximum atomic E-state index is 13.3. The average Bonchev–Trinajstić information content (AvgIpc) is 3.22. The topological polar surface area (TPSA) is 72.9 Å². The van der Waals surface area contributed by atoms with Crippen molar-refractivity contribution in [2.45, 2.75) is 39.2 Å². The predicted molar refractivity (Wildman–Crippen MR) is 114 cm³/mol. The van der Waals surface area contributed by atoms with Gasteiger partial charge in [-0.15, -0.1) is 0 Å². The summed E-state index contributed by atoms with van der Waals surface area (Å²) < 4.78 is 5.57. The first-order valence-electron chi connectivity index (χ1n) is 11.0. The van der Waals surface area contributed by atoms with Gasteiger partial charge in [-0.2, -0.15) is 0 Å². The number of para-hydroxylation sites is 2. The van der Waals surface area contributed by atoms with Crippen molar-refractivity contribution in [3.8, 4) is 5.75 Å². The molecule has 4 rings (SSSR count). The van der Waals surface area contributed by atoms with Gasteiger partial charge in [0.2, 0.25) is 11.8 Å². The predicted octanol–water partition coefficient (Wildman–Crippen LogP) is 2.91. The van der Waals surface area contributed by atoms with E-state index in [0.717, 1.165) is 11.4 Å². The van der Waals surface area contributed by atoms with Crippen molar-refractivity contribution in [1.82, 2.24) is 4.90 Å². The van der Waals surface area contributed by atoms with Crippen molar-refractivity contribution in [2.75, 3.05) is 37.7 Å². The number of benzene rings is 1. The largest absolute Gasteiger partial charge is 0.631 e. The summed E-state index contributed by atoms with van der Waals surface area (Å²) in [5, 5.41) is 13.3. The van der Waals surface area contributed by atoms with E-state index in [1.54, 1.807) is 0 Å². The quantitative estimate of drug-likeness (QED) is 0.297. The van der Waals surface area contributed by atoms with E-state index in [4.69, 9.17) is 4.74 Å². The Bertz CT molecular complexity index is 813. The minimum Gasteiger partial charge on any atom is -0.631 e. The second-order valence-electron chi connectivity index (χ2n) is 8.88. The normalized spacial score (nSPS) is 28.5. The highest BCUT2D eigenvalue weighted by atomic mass is 16.6. The monoisotopic (exact) mass is 413 g/mol. The van der Waals surface area contributed by atoms with E-state index in [-0.39, 0.29) is 34.4 Å². The summed E-state index contributed by atoms with van der Waals surface area (Å²) in [5.41, 5.74) is 0.948. The van der Waals surface area contributed by atoms with E-state index in [1.807, 2.05) is 50.3 Å². The number of likely N-dealkylation sites (tertiary alicyclic amines) is 1. The molecule has 2 saturated heterocycles. The first kappa shape index (κ1) is 20.9. The van der Waals surface area contributed by atoms with Gasteiger partial charge in [0.15, 0.2) is 6.67 Å². The molecule has 1 aromatic rings. The van der Waals surface area contributed by atoms with Crippen LogP contribution in [-0.2, 0) is 9.59 Å². The molecule has 162 valence electrons. The van der Waals surface area contributed by atoms with E-state index in [1.165, 1.54) is 4.90 Å². The van der Waals surface area contributed by atoms with Crippen molar-refractivity contribution in [3.05, 3.63) is 41.6 Å². The summed E-state index contributed by atoms with van der Waals surface area (Å²) in [7, 11) is 0. The molecule has 0 N–H and O–H groups in total. The lowest BCUT2D eigenvalue weighted by Crippen LogP contribution is -2.44. The number of imide groups is 1. The smallest absolute Gasteiger partial charge is 0.233 e. The van der Waals surface area contributed by atoms with Crippen molar-refractivity contribution >= 4 is 17.5 Å². The lowest BCUT2D eigenvalue weighted by Gasteiger charge is -2.38. The summed E-state index contributed by atoms with van der Waals surface area (Å²) in [5.74, 6) is 0.282. The van der Waals surface area contributed by atoms with Crippen molar-refractivity contribution < 1.29 is 19.0 Å². The molecule has 3 atom stereocenters. The standard InChI is InChI=1S/C23H31N3O4/c1-17(2)30-21-11-6-5-10-20(21)24-13-15-26(29,16-24)14-7-12-25-22(27)18-8-3-4-9-19(18)23(25)28/h3-6,10-11,17-19H,7-9,12-16H2,1-2H3. The Hall–Kier alpha value is -2.38. The fraction of sp³-hybridized carbons (Fsp3) is 0.565. The number of rotatable bonds is 7. The molecule has 2 fully saturated rings. The van der Waals surface area contributed by atoms with Crippen LogP contribution in [0.1, 0.15) is 33.1 Å². The Kier molecular flexibility index (Phi) is 5.84. The highest BCUT2D eigenvalue weighted by molar-refractivity contribution is 6.05. The van der Waals surface area contributed by atoms with Gasteiger partial charge in [0.05, 0.1) is 43.3 Å². The molecule has 7 nitrogen and oxygen atoms in total. The van der Waals surface area contributed by atoms with Crippen molar-refractivity contribution in [1.29, 1.82) is 0 Å². The second-order valence-corrected chi connectivity index (χ2v) is 8.88. The maximum Gasteiger partial charge on any atom is 0.233 e. The summed E-state index contributed by atoms with van der Waals surface area (Å²) in [4.78, 5) is 28.6. The Morgan fingerprint density at radius 1 is 1.13 bits per heavy atom. The Balaban J connectivity index is 1.33. The zero-order valence-electron chi connectivity index (χ0n) is 17.8. The summed E-state index contributed by atoms with van der Waals surface area (Å²) >= 11 is 0. The van der Waals surface area contributed by atoms with E-state index in [0.29, 0.717) is 52.1 Å². The van der Waals surface area contributed by atoms with Crippen LogP contribution < -0.4 is 9.64 Å². The van der Waals surface area contributed by atoms with Crippen LogP contribution in [0.2, 0.25) is 0 Å². The molecule has 0 spiro atoms. The van der Waals surface area contributed by atoms with Crippen LogP contribution in [0.15, 0.2) is 36.4 Å². The molecule has 0 bridgehead atoms. The maximum absolute atomic E-state index is 13.3. The van der Waals surface area contributed by atoms with Gasteiger partial charge in [0.1, 0.15) is 5.75 Å². The molecule has 0 aromatic heterocycles. The molecule has 1 aliphatic carbocycles. The van der Waals surface area contributed by atoms with E-state index >= 15 is 0 Å². The molecule has 7 heteroatoms. The van der Waals surface area contributed by atoms with E-state index < -0.39 is 0 Å². The first-order valence-corrected chi connectivity index (χ1v) is 11.0. The van der Waals surface area contributed by atoms with Gasteiger partial charge >= 0.3 is 0 Å². The molecule has 2 amide bonds. The number of carbonyl (C=O) groups excluding carboxylic acids is 2. The number of carbonyl (C=O) groups is 2. The van der Waals surface area contributed by atoms with Gasteiger partial charge in [-0.05, 0) is 38.8 Å². The Morgan fingerprint density at radius 3 is 2.47 bits per heavy atom. The van der Waals surface area contributed by atoms with Crippen molar-refractivity contribution in [3.63, 3.8) is 0 Å². The molecule has 30 heavy (non-hydrogen) atoms. The van der Waals surface area contributed by atoms with Crippen molar-refractivity contribution in [2.24, 2.45) is 11.8 Å². The number of hydrogen-bond donors (Lipinski definition) is 0. The minimum absolute atomic E-state index is 0.0605. The second kappa shape index (κ2) is 8.40. The lowest BCUT2D eigenvalue weighted by atomic mass is 9.85. The zero-order chi connectivity index (χ0) is 21.3. The highest BCUT2D eigenvalue weighted by Crippen LogP contribution is 2.35. The van der Waals surface area contributed by atoms with Gasteiger partial charge in [0, 0.05) is 13.0 Å². The van der Waals surface area contributed by atoms with Crippen LogP contribution in [0.25, 0.3) is 0 Å². The fourth-order valence-corrected chi connectivity index (χ4v) is 4.81. The Morgan fingerprint density at radius 2 is 1.80 bits per heavy atom. The van der Waals surface area contributed by atoms with E-state index in [9.17, 15) is 14.8 Å². The number of ether oxygens (including phenoxy) is 1. The van der Waals surface area contributed by atoms with E-state index in [2.05, 4.69) is 4.90 Å². The van der Waals surface area contributed by atoms with Crippen LogP contribution >= 0.6 is 0 Å². The zero-order valence-corrected chi connectivity index (χ0v) is 17.8. The van der Waals surface area contributed by atoms with Gasteiger partial charge in [-0.25, -0.2) is 0 Å². The number of quaternary nitrogens is 1. The number of fused-ring (bicyclic) bond motifs is 1. The molecule has 0 saturated carbocycles. The fourth-order valence-electron chi connectivity index (χ4n) is 4.81. The number of allylic oxidation sites excluding steroid dienone is 2. The molecular formula is C23H31N3O4. The third-order valence-electron chi connectivity index (χ3n) is 6.32. The van der Waals surface area contributed by atoms with Gasteiger partial charge in [-0.1, -0.05) is 24.3 Å². The van der Waals surface area contributed by atoms with Crippen LogP contribution in [0, 0.1) is 17.0 Å². The number of amides is 2. The summed E-state index contributed by atoms with van der Waals surface area (Å²) in [6.45, 7) is 6.24. The minimum atomic E-state index is -0.333. The molecular weight excluding hydrogens is 382 g/mol. The third-order valence-corrected chi connectivity index (χ3v) is 6.32. The first-order chi connectivity index (χ1) is 14.4. The number of anilines is 1. The molecule has 2 heterocycles. The van der Waals surface area contributed by atoms with Crippen LogP contribution in [0.4, 0.5) is 5.69 Å². The summed E-state index contributed by atoms with van der Waals surface area (Å²) in [6, 6.07) is 7.82. The molecule has 3 unspecified atom stereocenters. The van der Waals surface area contributed by atoms with Crippen LogP contribution in [0.3, 0.4) is 0 Å². The van der Waals surface area contributed by atoms with Crippen LogP contribution in [-0.4, -0.2) is 60.3 Å². The van der Waals surface area contributed by atoms with Gasteiger partial charge in [0.25, 0.3) is 0 Å². The third kappa shape index (κ3) is 4.09. The number of nitrogens with zero attached hydrogens (tertiary/aromatic N) is 3. The highest BCUT2D eigenvalue weighted by Gasteiger charge is 2.47. The number of hydrogen-bond acceptors (Lipinski definition) is 5. The summed E-state index contributed by atoms with van der Waals surface area (Å²) in [6.07, 6.45) is 5.89. The van der Waals surface area contributed by atoms with Crippen LogP contribution in [0.5, 0.6) is 5.75 Å².